The van der Waals surface area contributed by atoms with Gasteiger partial charge in [-0.05, 0) is 42.7 Å². The molecule has 2 aromatic heterocycles. The molecule has 2 unspecified atom stereocenters. The van der Waals surface area contributed by atoms with Crippen LogP contribution in [0, 0.1) is 17.6 Å². The second-order valence-corrected chi connectivity index (χ2v) is 8.98. The van der Waals surface area contributed by atoms with E-state index in [1.54, 1.807) is 9.42 Å². The first kappa shape index (κ1) is 19.6. The first-order valence-electron chi connectivity index (χ1n) is 11.0. The van der Waals surface area contributed by atoms with Crippen LogP contribution in [0.15, 0.2) is 42.7 Å². The monoisotopic (exact) mass is 439 g/mol. The Morgan fingerprint density at radius 3 is 2.75 bits per heavy atom. The van der Waals surface area contributed by atoms with Gasteiger partial charge in [-0.1, -0.05) is 13.0 Å². The Hall–Kier alpha value is -3.07. The Labute approximate surface area is 183 Å². The Bertz CT molecular complexity index is 1200. The maximum atomic E-state index is 13.8. The summed E-state index contributed by atoms with van der Waals surface area (Å²) in [5, 5.41) is 4.32. The summed E-state index contributed by atoms with van der Waals surface area (Å²) in [5.41, 5.74) is 0.346. The molecule has 4 atom stereocenters. The van der Waals surface area contributed by atoms with E-state index in [4.69, 9.17) is 4.74 Å². The van der Waals surface area contributed by atoms with E-state index in [1.807, 2.05) is 25.1 Å². The molecule has 1 spiro atoms. The SMILES string of the molecule is CC1CN(c2cccc3ncnn23)CCC12O[C@@H]1CC[C@@H](c3cc(F)cc(F)c3)N1C2=O. The average Bonchev–Trinajstić information content (AvgIpc) is 3.46. The molecule has 3 fully saturated rings. The van der Waals surface area contributed by atoms with Gasteiger partial charge in [0.2, 0.25) is 0 Å². The number of piperidine rings is 1. The van der Waals surface area contributed by atoms with Gasteiger partial charge in [0.1, 0.15) is 30.0 Å². The summed E-state index contributed by atoms with van der Waals surface area (Å²) in [4.78, 5) is 21.9. The minimum Gasteiger partial charge on any atom is -0.356 e. The Kier molecular flexibility index (Phi) is 4.27. The van der Waals surface area contributed by atoms with Gasteiger partial charge < -0.3 is 14.5 Å². The largest absolute Gasteiger partial charge is 0.356 e. The molecule has 0 N–H and O–H groups in total. The molecule has 5 heterocycles. The van der Waals surface area contributed by atoms with Crippen LogP contribution in [-0.4, -0.2) is 50.3 Å². The van der Waals surface area contributed by atoms with E-state index in [0.29, 0.717) is 37.9 Å². The first-order valence-corrected chi connectivity index (χ1v) is 11.0. The van der Waals surface area contributed by atoms with Gasteiger partial charge in [-0.25, -0.2) is 13.8 Å². The average molecular weight is 439 g/mol. The molecular formula is C23H23F2N5O2. The van der Waals surface area contributed by atoms with Crippen LogP contribution in [0.4, 0.5) is 14.6 Å². The molecular weight excluding hydrogens is 416 g/mol. The van der Waals surface area contributed by atoms with Crippen molar-refractivity contribution < 1.29 is 18.3 Å². The van der Waals surface area contributed by atoms with Crippen molar-refractivity contribution in [2.75, 3.05) is 18.0 Å². The summed E-state index contributed by atoms with van der Waals surface area (Å²) in [6.45, 7) is 3.30. The lowest BCUT2D eigenvalue weighted by Crippen LogP contribution is -2.56. The number of hydrogen-bond acceptors (Lipinski definition) is 5. The lowest BCUT2D eigenvalue weighted by atomic mass is 9.81. The summed E-state index contributed by atoms with van der Waals surface area (Å²) < 4.78 is 35.9. The highest BCUT2D eigenvalue weighted by atomic mass is 19.1. The Morgan fingerprint density at radius 1 is 1.16 bits per heavy atom. The second-order valence-electron chi connectivity index (χ2n) is 8.98. The van der Waals surface area contributed by atoms with Gasteiger partial charge in [0.05, 0.1) is 6.04 Å². The van der Waals surface area contributed by atoms with Crippen molar-refractivity contribution in [3.8, 4) is 0 Å². The van der Waals surface area contributed by atoms with Crippen LogP contribution in [0.2, 0.25) is 0 Å². The van der Waals surface area contributed by atoms with E-state index in [-0.39, 0.29) is 24.1 Å². The molecule has 3 aliphatic rings. The lowest BCUT2D eigenvalue weighted by molar-refractivity contribution is -0.145. The summed E-state index contributed by atoms with van der Waals surface area (Å²) in [7, 11) is 0. The van der Waals surface area contributed by atoms with Gasteiger partial charge in [-0.2, -0.15) is 9.61 Å². The highest BCUT2D eigenvalue weighted by Gasteiger charge is 2.60. The molecule has 166 valence electrons. The maximum absolute atomic E-state index is 13.8. The third-order valence-corrected chi connectivity index (χ3v) is 7.19. The van der Waals surface area contributed by atoms with Crippen LogP contribution in [0.1, 0.15) is 37.8 Å². The van der Waals surface area contributed by atoms with Crippen molar-refractivity contribution in [1.82, 2.24) is 19.5 Å². The summed E-state index contributed by atoms with van der Waals surface area (Å²) in [6, 6.07) is 8.97. The van der Waals surface area contributed by atoms with Crippen molar-refractivity contribution in [3.63, 3.8) is 0 Å². The highest BCUT2D eigenvalue weighted by molar-refractivity contribution is 5.88. The number of fused-ring (bicyclic) bond motifs is 2. The van der Waals surface area contributed by atoms with Crippen molar-refractivity contribution in [2.24, 2.45) is 5.92 Å². The van der Waals surface area contributed by atoms with Crippen LogP contribution >= 0.6 is 0 Å². The minimum atomic E-state index is -0.915. The number of amides is 1. The topological polar surface area (TPSA) is 63.0 Å². The smallest absolute Gasteiger partial charge is 0.257 e. The molecule has 9 heteroatoms. The Balaban J connectivity index is 1.27. The van der Waals surface area contributed by atoms with E-state index >= 15 is 0 Å². The number of carbonyl (C=O) groups excluding carboxylic acids is 1. The van der Waals surface area contributed by atoms with E-state index in [9.17, 15) is 13.6 Å². The number of hydrogen-bond donors (Lipinski definition) is 0. The van der Waals surface area contributed by atoms with E-state index in [1.165, 1.54) is 18.5 Å². The molecule has 3 aliphatic heterocycles. The van der Waals surface area contributed by atoms with Crippen LogP contribution < -0.4 is 4.90 Å². The van der Waals surface area contributed by atoms with Gasteiger partial charge in [0.15, 0.2) is 11.2 Å². The predicted octanol–water partition coefficient (Wildman–Crippen LogP) is 3.31. The van der Waals surface area contributed by atoms with Gasteiger partial charge in [0.25, 0.3) is 5.91 Å². The van der Waals surface area contributed by atoms with E-state index in [0.717, 1.165) is 17.5 Å². The molecule has 3 aromatic rings. The third-order valence-electron chi connectivity index (χ3n) is 7.19. The normalized spacial score (nSPS) is 30.0. The standard InChI is InChI=1S/C23H23F2N5O2/c1-14-12-28(20-4-2-3-19-26-13-27-30(19)20)8-7-23(14)22(31)29-18(5-6-21(29)32-23)15-9-16(24)11-17(25)10-15/h2-4,9-11,13-14,18,21H,5-8,12H2,1H3/t14?,18-,21+,23?/m0/s1. The molecule has 1 aromatic carbocycles. The molecule has 6 rings (SSSR count). The van der Waals surface area contributed by atoms with Crippen molar-refractivity contribution in [1.29, 1.82) is 0 Å². The zero-order valence-electron chi connectivity index (χ0n) is 17.6. The fourth-order valence-electron chi connectivity index (χ4n) is 5.66. The number of rotatable bonds is 2. The number of carbonyl (C=O) groups is 1. The number of halogens is 2. The maximum Gasteiger partial charge on any atom is 0.257 e. The molecule has 32 heavy (non-hydrogen) atoms. The molecule has 0 saturated carbocycles. The zero-order valence-corrected chi connectivity index (χ0v) is 17.6. The summed E-state index contributed by atoms with van der Waals surface area (Å²) >= 11 is 0. The molecule has 0 radical (unpaired) electrons. The van der Waals surface area contributed by atoms with Crippen LogP contribution in [0.3, 0.4) is 0 Å². The number of aromatic nitrogens is 3. The van der Waals surface area contributed by atoms with Crippen LogP contribution in [-0.2, 0) is 9.53 Å². The van der Waals surface area contributed by atoms with Gasteiger partial charge in [-0.15, -0.1) is 0 Å². The molecule has 7 nitrogen and oxygen atoms in total. The van der Waals surface area contributed by atoms with E-state index in [2.05, 4.69) is 15.0 Å². The first-order chi connectivity index (χ1) is 15.5. The second kappa shape index (κ2) is 6.96. The third kappa shape index (κ3) is 2.76. The highest BCUT2D eigenvalue weighted by Crippen LogP contribution is 2.49. The number of anilines is 1. The number of nitrogens with zero attached hydrogens (tertiary/aromatic N) is 5. The number of pyridine rings is 1. The van der Waals surface area contributed by atoms with Gasteiger partial charge in [-0.3, -0.25) is 4.79 Å². The lowest BCUT2D eigenvalue weighted by Gasteiger charge is -2.43. The number of ether oxygens (including phenoxy) is 1. The van der Waals surface area contributed by atoms with Crippen LogP contribution in [0.5, 0.6) is 0 Å². The van der Waals surface area contributed by atoms with Crippen molar-refractivity contribution in [2.45, 2.75) is 44.1 Å². The molecule has 1 amide bonds. The fourth-order valence-corrected chi connectivity index (χ4v) is 5.66. The summed E-state index contributed by atoms with van der Waals surface area (Å²) in [6.07, 6.45) is 3.00. The Morgan fingerprint density at radius 2 is 1.97 bits per heavy atom. The quantitative estimate of drug-likeness (QED) is 0.613. The predicted molar refractivity (Wildman–Crippen MR) is 112 cm³/mol. The fraction of sp³-hybridized carbons (Fsp3) is 0.435. The van der Waals surface area contributed by atoms with Gasteiger partial charge >= 0.3 is 0 Å². The molecule has 0 bridgehead atoms. The van der Waals surface area contributed by atoms with Crippen molar-refractivity contribution >= 4 is 17.4 Å². The van der Waals surface area contributed by atoms with Crippen molar-refractivity contribution in [3.05, 3.63) is 59.9 Å². The van der Waals surface area contributed by atoms with E-state index < -0.39 is 17.2 Å². The summed E-state index contributed by atoms with van der Waals surface area (Å²) in [5.74, 6) is -0.469. The number of benzene rings is 1. The zero-order chi connectivity index (χ0) is 22.0. The molecule has 3 saturated heterocycles. The minimum absolute atomic E-state index is 0.0687. The van der Waals surface area contributed by atoms with Crippen LogP contribution in [0.25, 0.3) is 5.65 Å². The van der Waals surface area contributed by atoms with Gasteiger partial charge in [0, 0.05) is 31.5 Å². The molecule has 0 aliphatic carbocycles.